The second-order valence-electron chi connectivity index (χ2n) is 1.93. The van der Waals surface area contributed by atoms with Gasteiger partial charge in [-0.15, -0.1) is 0 Å². The molecule has 0 aromatic heterocycles. The van der Waals surface area contributed by atoms with Crippen molar-refractivity contribution in [3.05, 3.63) is 10.3 Å². The minimum atomic E-state index is -4.53. The topological polar surface area (TPSA) is 109 Å². The average molecular weight is 216 g/mol. The van der Waals surface area contributed by atoms with Crippen LogP contribution in [0.2, 0.25) is 0 Å². The van der Waals surface area contributed by atoms with Gasteiger partial charge in [0.2, 0.25) is 0 Å². The van der Waals surface area contributed by atoms with Crippen molar-refractivity contribution in [3.63, 3.8) is 0 Å². The molecule has 0 atom stereocenters. The number of allylic oxidation sites excluding steroid dienone is 1. The Balaban J connectivity index is 5.24. The molecule has 0 heterocycles. The van der Waals surface area contributed by atoms with Gasteiger partial charge in [-0.05, 0) is 6.42 Å². The van der Waals surface area contributed by atoms with E-state index in [9.17, 15) is 16.8 Å². The molecule has 12 heavy (non-hydrogen) atoms. The molecule has 0 fully saturated rings. The minimum Gasteiger partial charge on any atom is -0.282 e. The quantitative estimate of drug-likeness (QED) is 0.643. The molecule has 0 amide bonds. The standard InChI is InChI=1S/C4H8O6S2/c1-2-4(12(8,9)10)3-11(5,6)7/h3H,2H2,1H3,(H,5,6,7)(H,8,9,10). The van der Waals surface area contributed by atoms with Crippen LogP contribution in [0.25, 0.3) is 0 Å². The van der Waals surface area contributed by atoms with Crippen LogP contribution in [0, 0.1) is 0 Å². The predicted octanol–water partition coefficient (Wildman–Crippen LogP) is 0.0134. The first-order chi connectivity index (χ1) is 5.17. The van der Waals surface area contributed by atoms with E-state index in [2.05, 4.69) is 0 Å². The summed E-state index contributed by atoms with van der Waals surface area (Å²) in [6.07, 6.45) is -0.210. The van der Waals surface area contributed by atoms with Gasteiger partial charge in [0.05, 0.1) is 10.3 Å². The van der Waals surface area contributed by atoms with Gasteiger partial charge in [-0.1, -0.05) is 6.92 Å². The van der Waals surface area contributed by atoms with Crippen molar-refractivity contribution < 1.29 is 25.9 Å². The second kappa shape index (κ2) is 3.52. The molecule has 0 aliphatic carbocycles. The van der Waals surface area contributed by atoms with Gasteiger partial charge in [-0.25, -0.2) is 0 Å². The van der Waals surface area contributed by atoms with Crippen LogP contribution in [-0.2, 0) is 20.2 Å². The Morgan fingerprint density at radius 2 is 1.67 bits per heavy atom. The minimum absolute atomic E-state index is 0.0995. The van der Waals surface area contributed by atoms with Gasteiger partial charge in [0.1, 0.15) is 0 Å². The van der Waals surface area contributed by atoms with Crippen LogP contribution in [0.4, 0.5) is 0 Å². The number of hydrogen-bond acceptors (Lipinski definition) is 4. The second-order valence-corrected chi connectivity index (χ2v) is 4.67. The van der Waals surface area contributed by atoms with E-state index in [-0.39, 0.29) is 11.8 Å². The van der Waals surface area contributed by atoms with Crippen molar-refractivity contribution in [2.75, 3.05) is 0 Å². The Hall–Kier alpha value is -0.440. The fourth-order valence-electron chi connectivity index (χ4n) is 0.493. The third-order valence-electron chi connectivity index (χ3n) is 0.960. The van der Waals surface area contributed by atoms with Gasteiger partial charge in [-0.3, -0.25) is 9.11 Å². The van der Waals surface area contributed by atoms with E-state index in [1.54, 1.807) is 0 Å². The van der Waals surface area contributed by atoms with E-state index in [1.807, 2.05) is 0 Å². The number of rotatable bonds is 3. The fourth-order valence-corrected chi connectivity index (χ4v) is 2.21. The summed E-state index contributed by atoms with van der Waals surface area (Å²) < 4.78 is 57.6. The maximum absolute atomic E-state index is 10.4. The van der Waals surface area contributed by atoms with Crippen LogP contribution in [-0.4, -0.2) is 25.9 Å². The van der Waals surface area contributed by atoms with Crippen LogP contribution in [0.5, 0.6) is 0 Å². The van der Waals surface area contributed by atoms with Gasteiger partial charge in [0, 0.05) is 0 Å². The van der Waals surface area contributed by atoms with E-state index in [4.69, 9.17) is 9.11 Å². The summed E-state index contributed by atoms with van der Waals surface area (Å²) in [6.45, 7) is 1.32. The molecule has 0 aromatic rings. The number of hydrogen-bond donors (Lipinski definition) is 2. The lowest BCUT2D eigenvalue weighted by Crippen LogP contribution is -2.04. The molecular formula is C4H8O6S2. The summed E-state index contributed by atoms with van der Waals surface area (Å²) in [5.74, 6) is 0. The monoisotopic (exact) mass is 216 g/mol. The first-order valence-corrected chi connectivity index (χ1v) is 5.76. The molecule has 0 aliphatic heterocycles. The predicted molar refractivity (Wildman–Crippen MR) is 41.5 cm³/mol. The highest BCUT2D eigenvalue weighted by Gasteiger charge is 2.14. The SMILES string of the molecule is CCC(=CS(=O)(=O)O)S(=O)(=O)O. The molecule has 8 heteroatoms. The normalized spacial score (nSPS) is 14.8. The zero-order chi connectivity index (χ0) is 9.99. The largest absolute Gasteiger partial charge is 0.291 e. The Morgan fingerprint density at radius 3 is 1.75 bits per heavy atom. The van der Waals surface area contributed by atoms with Crippen molar-refractivity contribution in [3.8, 4) is 0 Å². The maximum Gasteiger partial charge on any atom is 0.291 e. The first kappa shape index (κ1) is 11.6. The molecule has 72 valence electrons. The fraction of sp³-hybridized carbons (Fsp3) is 0.500. The van der Waals surface area contributed by atoms with E-state index in [0.29, 0.717) is 0 Å². The highest BCUT2D eigenvalue weighted by atomic mass is 32.2. The average Bonchev–Trinajstić information content (AvgIpc) is 1.78. The van der Waals surface area contributed by atoms with Crippen molar-refractivity contribution in [2.24, 2.45) is 0 Å². The maximum atomic E-state index is 10.4. The molecule has 0 saturated heterocycles. The Labute approximate surface area is 70.4 Å². The smallest absolute Gasteiger partial charge is 0.282 e. The van der Waals surface area contributed by atoms with Gasteiger partial charge >= 0.3 is 0 Å². The van der Waals surface area contributed by atoms with E-state index in [0.717, 1.165) is 0 Å². The van der Waals surface area contributed by atoms with E-state index in [1.165, 1.54) is 6.92 Å². The zero-order valence-electron chi connectivity index (χ0n) is 6.13. The molecule has 0 unspecified atom stereocenters. The Bertz CT molecular complexity index is 372. The molecule has 0 spiro atoms. The van der Waals surface area contributed by atoms with Crippen LogP contribution in [0.1, 0.15) is 13.3 Å². The molecule has 2 N–H and O–H groups in total. The summed E-state index contributed by atoms with van der Waals surface area (Å²) >= 11 is 0. The molecule has 0 radical (unpaired) electrons. The highest BCUT2D eigenvalue weighted by molar-refractivity contribution is 7.93. The summed E-state index contributed by atoms with van der Waals surface area (Å²) in [4.78, 5) is -0.745. The van der Waals surface area contributed by atoms with Gasteiger partial charge in [0.25, 0.3) is 20.2 Å². The lowest BCUT2D eigenvalue weighted by molar-refractivity contribution is 0.484. The molecular weight excluding hydrogens is 208 g/mol. The van der Waals surface area contributed by atoms with Crippen LogP contribution in [0.3, 0.4) is 0 Å². The third kappa shape index (κ3) is 4.44. The molecule has 0 bridgehead atoms. The van der Waals surface area contributed by atoms with Crippen molar-refractivity contribution in [2.45, 2.75) is 13.3 Å². The van der Waals surface area contributed by atoms with Gasteiger partial charge in [-0.2, -0.15) is 16.8 Å². The Morgan fingerprint density at radius 1 is 1.25 bits per heavy atom. The molecule has 0 aromatic carbocycles. The lowest BCUT2D eigenvalue weighted by Gasteiger charge is -1.97. The Kier molecular flexibility index (Phi) is 3.39. The molecule has 6 nitrogen and oxygen atoms in total. The summed E-state index contributed by atoms with van der Waals surface area (Å²) in [5.41, 5.74) is 0. The molecule has 0 rings (SSSR count). The van der Waals surface area contributed by atoms with Crippen molar-refractivity contribution in [1.82, 2.24) is 0 Å². The van der Waals surface area contributed by atoms with Crippen LogP contribution in [0.15, 0.2) is 10.3 Å². The van der Waals surface area contributed by atoms with E-state index < -0.39 is 25.1 Å². The summed E-state index contributed by atoms with van der Waals surface area (Å²) in [7, 11) is -9.05. The summed E-state index contributed by atoms with van der Waals surface area (Å²) in [6, 6.07) is 0. The molecule has 0 aliphatic rings. The lowest BCUT2D eigenvalue weighted by atomic mass is 10.5. The van der Waals surface area contributed by atoms with E-state index >= 15 is 0 Å². The molecule has 0 saturated carbocycles. The van der Waals surface area contributed by atoms with Gasteiger partial charge in [0.15, 0.2) is 0 Å². The van der Waals surface area contributed by atoms with Crippen LogP contribution >= 0.6 is 0 Å². The zero-order valence-corrected chi connectivity index (χ0v) is 7.76. The summed E-state index contributed by atoms with van der Waals surface area (Å²) in [5, 5.41) is 0.0995. The van der Waals surface area contributed by atoms with Crippen molar-refractivity contribution >= 4 is 20.2 Å². The third-order valence-corrected chi connectivity index (χ3v) is 2.76. The first-order valence-electron chi connectivity index (χ1n) is 2.82. The van der Waals surface area contributed by atoms with Crippen molar-refractivity contribution in [1.29, 1.82) is 0 Å². The highest BCUT2D eigenvalue weighted by Crippen LogP contribution is 2.09. The van der Waals surface area contributed by atoms with Gasteiger partial charge < -0.3 is 0 Å². The van der Waals surface area contributed by atoms with Crippen LogP contribution < -0.4 is 0 Å².